The summed E-state index contributed by atoms with van der Waals surface area (Å²) >= 11 is 0. The summed E-state index contributed by atoms with van der Waals surface area (Å²) in [4.78, 5) is 62.7. The third-order valence-corrected chi connectivity index (χ3v) is 7.78. The van der Waals surface area contributed by atoms with Gasteiger partial charge in [0.25, 0.3) is 12.0 Å². The second-order valence-corrected chi connectivity index (χ2v) is 10.5. The molecular weight excluding hydrogens is 548 g/mol. The molecule has 4 aliphatic rings. The van der Waals surface area contributed by atoms with Crippen LogP contribution in [0.25, 0.3) is 0 Å². The fraction of sp³-hybridized carbons (Fsp3) is 0.483. The van der Waals surface area contributed by atoms with Crippen LogP contribution in [0.1, 0.15) is 24.3 Å². The largest absolute Gasteiger partial charge is 0.490 e. The van der Waals surface area contributed by atoms with Crippen molar-refractivity contribution in [1.29, 1.82) is 0 Å². The molecule has 1 fully saturated rings. The Hall–Kier alpha value is -4.39. The number of carbonyl (C=O) groups excluding carboxylic acids is 3. The molecule has 5 heterocycles. The molecule has 1 aromatic heterocycles. The third-order valence-electron chi connectivity index (χ3n) is 7.78. The van der Waals surface area contributed by atoms with Crippen molar-refractivity contribution in [2.45, 2.75) is 25.3 Å². The summed E-state index contributed by atoms with van der Waals surface area (Å²) in [7, 11) is 1.49. The number of ether oxygens (including phenoxy) is 3. The maximum Gasteiger partial charge on any atom is 0.290 e. The van der Waals surface area contributed by atoms with Gasteiger partial charge < -0.3 is 39.0 Å². The van der Waals surface area contributed by atoms with Gasteiger partial charge in [-0.2, -0.15) is 0 Å². The number of benzene rings is 1. The lowest BCUT2D eigenvalue weighted by atomic mass is 9.73. The number of rotatable bonds is 5. The van der Waals surface area contributed by atoms with Crippen LogP contribution < -0.4 is 20.3 Å². The quantitative estimate of drug-likeness (QED) is 0.473. The second kappa shape index (κ2) is 14.0. The number of nitrogens with one attached hydrogen (secondary N) is 1. The van der Waals surface area contributed by atoms with Crippen LogP contribution in [0.2, 0.25) is 0 Å². The molecule has 4 aliphatic heterocycles. The monoisotopic (exact) mass is 584 g/mol. The van der Waals surface area contributed by atoms with E-state index in [1.54, 1.807) is 23.2 Å². The number of methoxy groups -OCH3 is 1. The predicted octanol–water partition coefficient (Wildman–Crippen LogP) is 0.318. The molecule has 1 saturated heterocycles. The number of fused-ring (bicyclic) bond motifs is 9. The Labute approximate surface area is 242 Å². The number of aryl methyl sites for hydroxylation is 1. The highest BCUT2D eigenvalue weighted by molar-refractivity contribution is 5.85. The van der Waals surface area contributed by atoms with Gasteiger partial charge in [0.1, 0.15) is 6.61 Å². The van der Waals surface area contributed by atoms with E-state index in [-0.39, 0.29) is 61.8 Å². The minimum Gasteiger partial charge on any atom is -0.490 e. The molecule has 2 N–H and O–H groups in total. The van der Waals surface area contributed by atoms with E-state index in [4.69, 9.17) is 24.1 Å². The first-order chi connectivity index (χ1) is 20.3. The van der Waals surface area contributed by atoms with Gasteiger partial charge in [0.15, 0.2) is 11.5 Å². The van der Waals surface area contributed by atoms with Gasteiger partial charge in [-0.25, -0.2) is 0 Å². The first kappa shape index (κ1) is 30.6. The van der Waals surface area contributed by atoms with Gasteiger partial charge in [-0.15, -0.1) is 0 Å². The highest BCUT2D eigenvalue weighted by Gasteiger charge is 2.53. The van der Waals surface area contributed by atoms with E-state index in [0.29, 0.717) is 57.3 Å². The van der Waals surface area contributed by atoms with Gasteiger partial charge in [-0.3, -0.25) is 24.0 Å². The molecule has 226 valence electrons. The van der Waals surface area contributed by atoms with E-state index >= 15 is 0 Å². The first-order valence-corrected chi connectivity index (χ1v) is 13.7. The fourth-order valence-corrected chi connectivity index (χ4v) is 5.72. The van der Waals surface area contributed by atoms with Crippen LogP contribution in [0.4, 0.5) is 0 Å². The minimum absolute atomic E-state index is 0.0157. The molecule has 1 aromatic carbocycles. The molecule has 2 aromatic rings. The van der Waals surface area contributed by atoms with E-state index in [9.17, 15) is 19.2 Å². The van der Waals surface area contributed by atoms with Crippen LogP contribution in [0.3, 0.4) is 0 Å². The van der Waals surface area contributed by atoms with Crippen LogP contribution >= 0.6 is 0 Å². The minimum atomic E-state index is -0.530. The molecule has 42 heavy (non-hydrogen) atoms. The van der Waals surface area contributed by atoms with Crippen molar-refractivity contribution in [2.24, 2.45) is 5.41 Å². The van der Waals surface area contributed by atoms with E-state index in [0.717, 1.165) is 5.56 Å². The van der Waals surface area contributed by atoms with E-state index < -0.39 is 5.41 Å². The van der Waals surface area contributed by atoms with Gasteiger partial charge in [0, 0.05) is 75.4 Å². The number of hydrogen-bond acceptors (Lipinski definition) is 8. The van der Waals surface area contributed by atoms with Gasteiger partial charge in [0.05, 0.1) is 19.8 Å². The van der Waals surface area contributed by atoms with E-state index in [2.05, 4.69) is 5.32 Å². The van der Waals surface area contributed by atoms with Gasteiger partial charge in [-0.05, 0) is 18.6 Å². The lowest BCUT2D eigenvalue weighted by Crippen LogP contribution is -2.50. The molecule has 1 spiro atoms. The Morgan fingerprint density at radius 3 is 2.71 bits per heavy atom. The number of hydrogen-bond donors (Lipinski definition) is 2. The summed E-state index contributed by atoms with van der Waals surface area (Å²) in [6.07, 6.45) is 2.25. The number of likely N-dealkylation sites (tertiary alicyclic amines) is 1. The highest BCUT2D eigenvalue weighted by atomic mass is 16.5. The molecule has 0 unspecified atom stereocenters. The number of nitrogens with zero attached hydrogens (tertiary/aromatic N) is 3. The Morgan fingerprint density at radius 1 is 1.14 bits per heavy atom. The normalized spacial score (nSPS) is 21.5. The summed E-state index contributed by atoms with van der Waals surface area (Å²) in [5.74, 6) is 0.631. The zero-order valence-electron chi connectivity index (χ0n) is 23.5. The van der Waals surface area contributed by atoms with Crippen LogP contribution in [-0.4, -0.2) is 103 Å². The SMILES string of the molecule is COCC(=O)N1C[C@H]2c3cccc4c3OC[C@@]2(CNC(=O)CN(C(=O)CCn2ccccc2=O)CCCO4)C1.O=CO. The van der Waals surface area contributed by atoms with Crippen molar-refractivity contribution in [3.8, 4) is 11.5 Å². The fourth-order valence-electron chi connectivity index (χ4n) is 5.72. The Bertz CT molecular complexity index is 1350. The number of pyridine rings is 1. The number of carbonyl (C=O) groups is 4. The average molecular weight is 585 g/mol. The van der Waals surface area contributed by atoms with Crippen LogP contribution in [0.5, 0.6) is 11.5 Å². The van der Waals surface area contributed by atoms with E-state index in [1.165, 1.54) is 22.6 Å². The summed E-state index contributed by atoms with van der Waals surface area (Å²) in [6, 6.07) is 10.6. The Morgan fingerprint density at radius 2 is 1.95 bits per heavy atom. The number of para-hydroxylation sites is 1. The van der Waals surface area contributed by atoms with Crippen molar-refractivity contribution in [1.82, 2.24) is 19.7 Å². The lowest BCUT2D eigenvalue weighted by Gasteiger charge is -2.40. The molecule has 2 atom stereocenters. The Kier molecular flexibility index (Phi) is 10.2. The van der Waals surface area contributed by atoms with Crippen LogP contribution in [-0.2, 0) is 30.5 Å². The molecule has 6 rings (SSSR count). The van der Waals surface area contributed by atoms with Crippen molar-refractivity contribution in [3.05, 3.63) is 58.5 Å². The van der Waals surface area contributed by atoms with Crippen molar-refractivity contribution in [2.75, 3.05) is 59.7 Å². The van der Waals surface area contributed by atoms with Crippen LogP contribution in [0, 0.1) is 5.41 Å². The molecule has 13 heteroatoms. The summed E-state index contributed by atoms with van der Waals surface area (Å²) in [6.45, 7) is 2.04. The number of aromatic nitrogens is 1. The van der Waals surface area contributed by atoms with Crippen LogP contribution in [0.15, 0.2) is 47.4 Å². The number of carboxylic acid groups (broad SMARTS) is 1. The zero-order valence-corrected chi connectivity index (χ0v) is 23.5. The van der Waals surface area contributed by atoms with Gasteiger partial charge in [-0.1, -0.05) is 18.2 Å². The molecule has 3 amide bonds. The van der Waals surface area contributed by atoms with Crippen molar-refractivity contribution in [3.63, 3.8) is 0 Å². The maximum atomic E-state index is 13.1. The summed E-state index contributed by atoms with van der Waals surface area (Å²) in [5, 5.41) is 9.92. The molecule has 4 bridgehead atoms. The smallest absolute Gasteiger partial charge is 0.290 e. The highest BCUT2D eigenvalue weighted by Crippen LogP contribution is 2.52. The molecular formula is C29H36N4O9. The predicted molar refractivity (Wildman–Crippen MR) is 149 cm³/mol. The third kappa shape index (κ3) is 6.90. The maximum absolute atomic E-state index is 13.1. The van der Waals surface area contributed by atoms with Crippen molar-refractivity contribution >= 4 is 24.2 Å². The molecule has 0 aliphatic carbocycles. The lowest BCUT2D eigenvalue weighted by molar-refractivity contribution is -0.136. The zero-order chi connectivity index (χ0) is 30.1. The second-order valence-electron chi connectivity index (χ2n) is 10.5. The standard InChI is InChI=1S/C28H34N4O7.CH2O2/c1-37-16-26(36)32-14-21-20-6-4-7-22-27(20)39-19-28(21,18-32)17-29-23(33)15-31(11-5-13-38-22)25(35)9-12-30-10-3-2-8-24(30)34;2-1-3/h2-4,6-8,10,21H,5,9,11-19H2,1H3,(H,29,33);1H,(H,2,3)/t21-,28+;/m0./s1. The topological polar surface area (TPSA) is 157 Å². The first-order valence-electron chi connectivity index (χ1n) is 13.7. The van der Waals surface area contributed by atoms with Gasteiger partial charge in [0.2, 0.25) is 17.7 Å². The van der Waals surface area contributed by atoms with Gasteiger partial charge >= 0.3 is 0 Å². The molecule has 0 saturated carbocycles. The molecule has 0 radical (unpaired) electrons. The van der Waals surface area contributed by atoms with E-state index in [1.807, 2.05) is 18.2 Å². The van der Waals surface area contributed by atoms with Crippen molar-refractivity contribution < 1.29 is 38.5 Å². The Balaban J connectivity index is 0.00000129. The summed E-state index contributed by atoms with van der Waals surface area (Å²) < 4.78 is 18.9. The number of amides is 3. The average Bonchev–Trinajstić information content (AvgIpc) is 3.38. The molecule has 13 nitrogen and oxygen atoms in total. The summed E-state index contributed by atoms with van der Waals surface area (Å²) in [5.41, 5.74) is 0.255.